The van der Waals surface area contributed by atoms with Crippen molar-refractivity contribution in [1.29, 1.82) is 0 Å². The number of methoxy groups -OCH3 is 3. The highest BCUT2D eigenvalue weighted by Crippen LogP contribution is 2.39. The normalized spacial score (nSPS) is 15.8. The summed E-state index contributed by atoms with van der Waals surface area (Å²) < 4.78 is 16.0. The summed E-state index contributed by atoms with van der Waals surface area (Å²) >= 11 is 0. The molecule has 1 aliphatic rings. The third-order valence-corrected chi connectivity index (χ3v) is 4.14. The van der Waals surface area contributed by atoms with Crippen molar-refractivity contribution in [2.45, 2.75) is 44.6 Å². The van der Waals surface area contributed by atoms with Gasteiger partial charge in [-0.15, -0.1) is 0 Å². The van der Waals surface area contributed by atoms with Gasteiger partial charge in [0.25, 0.3) is 5.91 Å². The van der Waals surface area contributed by atoms with Gasteiger partial charge in [0.1, 0.15) is 0 Å². The van der Waals surface area contributed by atoms with Crippen LogP contribution in [0.15, 0.2) is 12.1 Å². The number of benzene rings is 1. The van der Waals surface area contributed by atoms with Crippen molar-refractivity contribution < 1.29 is 19.0 Å². The molecule has 5 nitrogen and oxygen atoms in total. The highest BCUT2D eigenvalue weighted by molar-refractivity contribution is 5.98. The predicted molar refractivity (Wildman–Crippen MR) is 85.1 cm³/mol. The fourth-order valence-corrected chi connectivity index (χ4v) is 2.97. The first-order chi connectivity index (χ1) is 10.7. The molecule has 0 saturated heterocycles. The van der Waals surface area contributed by atoms with Gasteiger partial charge in [-0.3, -0.25) is 4.79 Å². The summed E-state index contributed by atoms with van der Waals surface area (Å²) in [5.74, 6) is 1.28. The van der Waals surface area contributed by atoms with Crippen molar-refractivity contribution in [3.05, 3.63) is 17.7 Å². The zero-order valence-corrected chi connectivity index (χ0v) is 13.6. The lowest BCUT2D eigenvalue weighted by atomic mass is 10.1. The molecule has 0 radical (unpaired) electrons. The Balaban J connectivity index is 2.21. The minimum Gasteiger partial charge on any atom is -0.493 e. The first kappa shape index (κ1) is 16.5. The van der Waals surface area contributed by atoms with Gasteiger partial charge >= 0.3 is 0 Å². The summed E-state index contributed by atoms with van der Waals surface area (Å²) in [6.07, 6.45) is 6.95. The second-order valence-electron chi connectivity index (χ2n) is 5.54. The zero-order valence-electron chi connectivity index (χ0n) is 13.6. The molecule has 22 heavy (non-hydrogen) atoms. The SMILES string of the molecule is COc1ccc(C(=O)NC2CCCCCC2)c(OC)c1OC. The van der Waals surface area contributed by atoms with Crippen LogP contribution < -0.4 is 19.5 Å². The van der Waals surface area contributed by atoms with Crippen LogP contribution in [-0.4, -0.2) is 33.3 Å². The van der Waals surface area contributed by atoms with Crippen LogP contribution in [-0.2, 0) is 0 Å². The molecule has 0 bridgehead atoms. The van der Waals surface area contributed by atoms with E-state index in [-0.39, 0.29) is 11.9 Å². The topological polar surface area (TPSA) is 56.8 Å². The number of hydrogen-bond donors (Lipinski definition) is 1. The minimum absolute atomic E-state index is 0.121. The monoisotopic (exact) mass is 307 g/mol. The number of carbonyl (C=O) groups is 1. The van der Waals surface area contributed by atoms with E-state index in [9.17, 15) is 4.79 Å². The van der Waals surface area contributed by atoms with Crippen molar-refractivity contribution in [2.75, 3.05) is 21.3 Å². The maximum absolute atomic E-state index is 12.6. The highest BCUT2D eigenvalue weighted by atomic mass is 16.5. The lowest BCUT2D eigenvalue weighted by Crippen LogP contribution is -2.34. The second-order valence-corrected chi connectivity index (χ2v) is 5.54. The maximum Gasteiger partial charge on any atom is 0.255 e. The van der Waals surface area contributed by atoms with Crippen LogP contribution in [0.2, 0.25) is 0 Å². The molecule has 1 aliphatic carbocycles. The first-order valence-electron chi connectivity index (χ1n) is 7.81. The standard InChI is InChI=1S/C17H25NO4/c1-20-14-11-10-13(15(21-2)16(14)22-3)17(19)18-12-8-6-4-5-7-9-12/h10-12H,4-9H2,1-3H3,(H,18,19). The molecular weight excluding hydrogens is 282 g/mol. The molecule has 1 aromatic rings. The van der Waals surface area contributed by atoms with E-state index in [1.165, 1.54) is 39.9 Å². The first-order valence-corrected chi connectivity index (χ1v) is 7.81. The molecule has 1 N–H and O–H groups in total. The van der Waals surface area contributed by atoms with E-state index >= 15 is 0 Å². The summed E-state index contributed by atoms with van der Waals surface area (Å²) in [6.45, 7) is 0. The van der Waals surface area contributed by atoms with Crippen LogP contribution in [0.3, 0.4) is 0 Å². The molecule has 1 amide bonds. The maximum atomic E-state index is 12.6. The summed E-state index contributed by atoms with van der Waals surface area (Å²) in [5, 5.41) is 3.12. The van der Waals surface area contributed by atoms with E-state index in [1.807, 2.05) is 0 Å². The molecule has 0 unspecified atom stereocenters. The number of hydrogen-bond acceptors (Lipinski definition) is 4. The average Bonchev–Trinajstić information content (AvgIpc) is 2.81. The Hall–Kier alpha value is -1.91. The number of carbonyl (C=O) groups excluding carboxylic acids is 1. The van der Waals surface area contributed by atoms with Crippen LogP contribution in [0.4, 0.5) is 0 Å². The number of amides is 1. The summed E-state index contributed by atoms with van der Waals surface area (Å²) in [7, 11) is 4.62. The van der Waals surface area contributed by atoms with Gasteiger partial charge in [-0.25, -0.2) is 0 Å². The Kier molecular flexibility index (Phi) is 5.92. The fraction of sp³-hybridized carbons (Fsp3) is 0.588. The van der Waals surface area contributed by atoms with E-state index in [2.05, 4.69) is 5.32 Å². The average molecular weight is 307 g/mol. The van der Waals surface area contributed by atoms with Crippen molar-refractivity contribution in [3.63, 3.8) is 0 Å². The van der Waals surface area contributed by atoms with Crippen molar-refractivity contribution in [1.82, 2.24) is 5.32 Å². The molecule has 0 aliphatic heterocycles. The van der Waals surface area contributed by atoms with Crippen LogP contribution >= 0.6 is 0 Å². The van der Waals surface area contributed by atoms with E-state index < -0.39 is 0 Å². The van der Waals surface area contributed by atoms with Crippen LogP contribution in [0.5, 0.6) is 17.2 Å². The predicted octanol–water partition coefficient (Wildman–Crippen LogP) is 3.17. The summed E-state index contributed by atoms with van der Waals surface area (Å²) in [6, 6.07) is 3.68. The van der Waals surface area contributed by atoms with Gasteiger partial charge in [0.05, 0.1) is 26.9 Å². The number of nitrogens with one attached hydrogen (secondary N) is 1. The molecule has 5 heteroatoms. The molecule has 2 rings (SSSR count). The molecule has 1 fully saturated rings. The van der Waals surface area contributed by atoms with Gasteiger partial charge in [-0.1, -0.05) is 25.7 Å². The molecule has 0 spiro atoms. The van der Waals surface area contributed by atoms with E-state index in [0.29, 0.717) is 22.8 Å². The number of ether oxygens (including phenoxy) is 3. The van der Waals surface area contributed by atoms with E-state index in [4.69, 9.17) is 14.2 Å². The quantitative estimate of drug-likeness (QED) is 0.849. The third kappa shape index (κ3) is 3.64. The smallest absolute Gasteiger partial charge is 0.255 e. The Morgan fingerprint density at radius 3 is 2.14 bits per heavy atom. The van der Waals surface area contributed by atoms with Gasteiger partial charge in [0.15, 0.2) is 11.5 Å². The summed E-state index contributed by atoms with van der Waals surface area (Å²) in [4.78, 5) is 12.6. The molecular formula is C17H25NO4. The van der Waals surface area contributed by atoms with E-state index in [1.54, 1.807) is 19.2 Å². The molecule has 0 heterocycles. The van der Waals surface area contributed by atoms with Gasteiger partial charge in [-0.05, 0) is 25.0 Å². The number of rotatable bonds is 5. The molecule has 1 aromatic carbocycles. The molecule has 0 atom stereocenters. The van der Waals surface area contributed by atoms with E-state index in [0.717, 1.165) is 12.8 Å². The summed E-state index contributed by atoms with van der Waals surface area (Å²) in [5.41, 5.74) is 0.476. The van der Waals surface area contributed by atoms with Crippen LogP contribution in [0.1, 0.15) is 48.9 Å². The molecule has 0 aromatic heterocycles. The Morgan fingerprint density at radius 2 is 1.59 bits per heavy atom. The van der Waals surface area contributed by atoms with Crippen molar-refractivity contribution >= 4 is 5.91 Å². The largest absolute Gasteiger partial charge is 0.493 e. The van der Waals surface area contributed by atoms with Gasteiger partial charge in [0, 0.05) is 6.04 Å². The van der Waals surface area contributed by atoms with Gasteiger partial charge in [0.2, 0.25) is 5.75 Å². The van der Waals surface area contributed by atoms with Crippen LogP contribution in [0, 0.1) is 0 Å². The fourth-order valence-electron chi connectivity index (χ4n) is 2.97. The van der Waals surface area contributed by atoms with Crippen molar-refractivity contribution in [2.24, 2.45) is 0 Å². The molecule has 1 saturated carbocycles. The van der Waals surface area contributed by atoms with Gasteiger partial charge in [-0.2, -0.15) is 0 Å². The van der Waals surface area contributed by atoms with Gasteiger partial charge < -0.3 is 19.5 Å². The Morgan fingerprint density at radius 1 is 0.955 bits per heavy atom. The zero-order chi connectivity index (χ0) is 15.9. The third-order valence-electron chi connectivity index (χ3n) is 4.14. The lowest BCUT2D eigenvalue weighted by Gasteiger charge is -2.19. The minimum atomic E-state index is -0.121. The highest BCUT2D eigenvalue weighted by Gasteiger charge is 2.22. The Labute approximate surface area is 131 Å². The van der Waals surface area contributed by atoms with Crippen molar-refractivity contribution in [3.8, 4) is 17.2 Å². The second kappa shape index (κ2) is 7.92. The van der Waals surface area contributed by atoms with Crippen LogP contribution in [0.25, 0.3) is 0 Å². The molecule has 122 valence electrons. The Bertz CT molecular complexity index is 508. The lowest BCUT2D eigenvalue weighted by molar-refractivity contribution is 0.0929.